The second-order valence-corrected chi connectivity index (χ2v) is 7.69. The summed E-state index contributed by atoms with van der Waals surface area (Å²) in [6.45, 7) is 1.90. The average molecular weight is 522 g/mol. The predicted molar refractivity (Wildman–Crippen MR) is 81.6 cm³/mol. The van der Waals surface area contributed by atoms with Gasteiger partial charge in [-0.2, -0.15) is 48.3 Å². The average Bonchev–Trinajstić information content (AvgIpc) is 2.44. The molecule has 0 rings (SSSR count). The maximum atomic E-state index is 13.6. The number of hydrogen-bond donors (Lipinski definition) is 0. The number of hydrogen-bond acceptors (Lipinski definition) is 0. The van der Waals surface area contributed by atoms with Gasteiger partial charge in [0, 0.05) is 10.3 Å². The summed E-state index contributed by atoms with van der Waals surface area (Å²) < 4.78 is 140. The van der Waals surface area contributed by atoms with E-state index >= 15 is 0 Å². The van der Waals surface area contributed by atoms with E-state index in [1.807, 2.05) is 6.92 Å². The molecule has 0 saturated heterocycles. The number of rotatable bonds is 11. The van der Waals surface area contributed by atoms with Crippen molar-refractivity contribution in [3.05, 3.63) is 0 Å². The monoisotopic (exact) mass is 522 g/mol. The summed E-state index contributed by atoms with van der Waals surface area (Å²) in [5, 5.41) is 0. The zero-order valence-electron chi connectivity index (χ0n) is 13.6. The molecular weight excluding hydrogens is 504 g/mol. The van der Waals surface area contributed by atoms with Crippen LogP contribution in [-0.4, -0.2) is 33.8 Å². The first-order valence-electron chi connectivity index (χ1n) is 7.67. The lowest BCUT2D eigenvalue weighted by molar-refractivity contribution is -0.422. The van der Waals surface area contributed by atoms with Gasteiger partial charge in [0.2, 0.25) is 0 Å². The minimum Gasteiger partial charge on any atom is -0.200 e. The summed E-state index contributed by atoms with van der Waals surface area (Å²) in [4.78, 5) is 0. The van der Waals surface area contributed by atoms with E-state index in [4.69, 9.17) is 0 Å². The van der Waals surface area contributed by atoms with Gasteiger partial charge in [-0.25, -0.2) is 0 Å². The molecule has 0 bridgehead atoms. The smallest absolute Gasteiger partial charge is 0.200 e. The van der Waals surface area contributed by atoms with Crippen molar-refractivity contribution >= 4 is 22.6 Å². The molecule has 0 amide bonds. The van der Waals surface area contributed by atoms with Gasteiger partial charge in [-0.3, -0.25) is 0 Å². The van der Waals surface area contributed by atoms with E-state index in [1.165, 1.54) is 22.6 Å². The highest BCUT2D eigenvalue weighted by Crippen LogP contribution is 2.58. The fourth-order valence-corrected chi connectivity index (χ4v) is 3.08. The fourth-order valence-electron chi connectivity index (χ4n) is 2.08. The molecule has 0 N–H and O–H groups in total. The Kier molecular flexibility index (Phi) is 8.96. The summed E-state index contributed by atoms with van der Waals surface area (Å²) in [6, 6.07) is 0. The van der Waals surface area contributed by atoms with Crippen molar-refractivity contribution in [2.45, 2.75) is 85.7 Å². The zero-order chi connectivity index (χ0) is 21.0. The van der Waals surface area contributed by atoms with Crippen LogP contribution in [0.1, 0.15) is 51.9 Å². The Morgan fingerprint density at radius 3 is 1.54 bits per heavy atom. The molecule has 0 aromatic rings. The molecule has 0 aliphatic heterocycles. The number of unbranched alkanes of at least 4 members (excludes halogenated alkanes) is 4. The largest absolute Gasteiger partial charge is 0.460 e. The minimum absolute atomic E-state index is 0.0861. The number of alkyl halides is 12. The van der Waals surface area contributed by atoms with Crippen LogP contribution in [0, 0.1) is 0 Å². The second kappa shape index (κ2) is 8.97. The van der Waals surface area contributed by atoms with Gasteiger partial charge >= 0.3 is 29.9 Å². The van der Waals surface area contributed by atoms with E-state index in [-0.39, 0.29) is 6.42 Å². The van der Waals surface area contributed by atoms with E-state index in [9.17, 15) is 48.3 Å². The van der Waals surface area contributed by atoms with Gasteiger partial charge in [-0.1, -0.05) is 61.6 Å². The van der Waals surface area contributed by atoms with Gasteiger partial charge in [0.15, 0.2) is 0 Å². The molecule has 0 fully saturated rings. The number of halogens is 12. The molecule has 1 unspecified atom stereocenters. The first-order valence-corrected chi connectivity index (χ1v) is 8.92. The van der Waals surface area contributed by atoms with Crippen LogP contribution in [0.3, 0.4) is 0 Å². The van der Waals surface area contributed by atoms with Crippen molar-refractivity contribution in [2.24, 2.45) is 0 Å². The fraction of sp³-hybridized carbons (Fsp3) is 1.00. The van der Waals surface area contributed by atoms with Gasteiger partial charge < -0.3 is 0 Å². The molecule has 0 heterocycles. The lowest BCUT2D eigenvalue weighted by Gasteiger charge is -2.37. The lowest BCUT2D eigenvalue weighted by Crippen LogP contribution is -2.66. The summed E-state index contributed by atoms with van der Waals surface area (Å²) >= 11 is 1.27. The van der Waals surface area contributed by atoms with Gasteiger partial charge in [0.1, 0.15) is 0 Å². The summed E-state index contributed by atoms with van der Waals surface area (Å²) in [6.07, 6.45) is -5.81. The highest BCUT2D eigenvalue weighted by Gasteiger charge is 2.86. The Morgan fingerprint density at radius 2 is 1.12 bits per heavy atom. The molecule has 0 aromatic carbocycles. The molecule has 158 valence electrons. The second-order valence-electron chi connectivity index (χ2n) is 5.93. The Hall–Kier alpha value is -0.0400. The standard InChI is InChI=1S/C14H18F11I/c1-2-3-4-5-6-7-9(26)8-10(15,16)11(17,18)12(19,20)13(21,22)14(23,24)25/h9H,2-8H2,1H3. The lowest BCUT2D eigenvalue weighted by atomic mass is 9.94. The molecule has 0 aromatic heterocycles. The van der Waals surface area contributed by atoms with Gasteiger partial charge in [-0.15, -0.1) is 0 Å². The highest BCUT2D eigenvalue weighted by molar-refractivity contribution is 14.1. The Bertz CT molecular complexity index is 431. The molecule has 1 atom stereocenters. The van der Waals surface area contributed by atoms with E-state index in [1.54, 1.807) is 0 Å². The van der Waals surface area contributed by atoms with Crippen molar-refractivity contribution in [3.63, 3.8) is 0 Å². The maximum Gasteiger partial charge on any atom is 0.460 e. The van der Waals surface area contributed by atoms with Crippen LogP contribution in [-0.2, 0) is 0 Å². The molecular formula is C14H18F11I. The molecule has 0 aliphatic carbocycles. The first kappa shape index (κ1) is 26.0. The Labute approximate surface area is 157 Å². The Balaban J connectivity index is 5.18. The summed E-state index contributed by atoms with van der Waals surface area (Å²) in [5.41, 5.74) is 0. The topological polar surface area (TPSA) is 0 Å². The van der Waals surface area contributed by atoms with Crippen LogP contribution in [0.4, 0.5) is 48.3 Å². The first-order chi connectivity index (χ1) is 11.5. The van der Waals surface area contributed by atoms with Crippen LogP contribution in [0.25, 0.3) is 0 Å². The SMILES string of the molecule is CCCCCCCC(I)CC(F)(F)C(F)(F)C(F)(F)C(F)(F)C(F)(F)F. The van der Waals surface area contributed by atoms with E-state index in [2.05, 4.69) is 0 Å². The maximum absolute atomic E-state index is 13.6. The van der Waals surface area contributed by atoms with Crippen molar-refractivity contribution in [3.8, 4) is 0 Å². The summed E-state index contributed by atoms with van der Waals surface area (Å²) in [7, 11) is 0. The van der Waals surface area contributed by atoms with Gasteiger partial charge in [-0.05, 0) is 6.42 Å². The van der Waals surface area contributed by atoms with Crippen LogP contribution in [0.2, 0.25) is 0 Å². The van der Waals surface area contributed by atoms with E-state index in [0.717, 1.165) is 19.3 Å². The summed E-state index contributed by atoms with van der Waals surface area (Å²) in [5.74, 6) is -27.3. The molecule has 26 heavy (non-hydrogen) atoms. The third kappa shape index (κ3) is 5.49. The quantitative estimate of drug-likeness (QED) is 0.113. The Morgan fingerprint density at radius 1 is 0.654 bits per heavy atom. The third-order valence-electron chi connectivity index (χ3n) is 3.70. The van der Waals surface area contributed by atoms with E-state index < -0.39 is 40.2 Å². The highest BCUT2D eigenvalue weighted by atomic mass is 127. The van der Waals surface area contributed by atoms with Crippen molar-refractivity contribution in [2.75, 3.05) is 0 Å². The molecule has 0 aliphatic rings. The van der Waals surface area contributed by atoms with Crippen LogP contribution in [0.5, 0.6) is 0 Å². The van der Waals surface area contributed by atoms with Crippen LogP contribution < -0.4 is 0 Å². The van der Waals surface area contributed by atoms with Crippen molar-refractivity contribution < 1.29 is 48.3 Å². The zero-order valence-corrected chi connectivity index (χ0v) is 15.7. The van der Waals surface area contributed by atoms with Gasteiger partial charge in [0.05, 0.1) is 0 Å². The molecule has 0 saturated carbocycles. The van der Waals surface area contributed by atoms with Gasteiger partial charge in [0.25, 0.3) is 0 Å². The molecule has 0 radical (unpaired) electrons. The van der Waals surface area contributed by atoms with Crippen LogP contribution in [0.15, 0.2) is 0 Å². The van der Waals surface area contributed by atoms with E-state index in [0.29, 0.717) is 12.8 Å². The molecule has 0 spiro atoms. The molecule has 0 nitrogen and oxygen atoms in total. The van der Waals surface area contributed by atoms with Crippen molar-refractivity contribution in [1.82, 2.24) is 0 Å². The minimum atomic E-state index is -7.31. The normalized spacial score (nSPS) is 16.0. The van der Waals surface area contributed by atoms with Crippen LogP contribution >= 0.6 is 22.6 Å². The van der Waals surface area contributed by atoms with Crippen molar-refractivity contribution in [1.29, 1.82) is 0 Å². The predicted octanol–water partition coefficient (Wildman–Crippen LogP) is 7.64. The molecule has 12 heteroatoms. The third-order valence-corrected chi connectivity index (χ3v) is 4.77.